The molecule has 1 rings (SSSR count). The minimum atomic E-state index is -0.488. The topological polar surface area (TPSA) is 32.3 Å². The van der Waals surface area contributed by atoms with E-state index in [9.17, 15) is 5.11 Å². The molecule has 1 aliphatic heterocycles. The second-order valence-corrected chi connectivity index (χ2v) is 4.08. The lowest BCUT2D eigenvalue weighted by Gasteiger charge is -2.44. The highest BCUT2D eigenvalue weighted by molar-refractivity contribution is 4.94. The molecular weight excluding hydrogens is 126 g/mol. The first-order chi connectivity index (χ1) is 4.46. The quantitative estimate of drug-likeness (QED) is 0.524. The van der Waals surface area contributed by atoms with E-state index in [0.29, 0.717) is 0 Å². The summed E-state index contributed by atoms with van der Waals surface area (Å²) < 4.78 is 0. The van der Waals surface area contributed by atoms with Crippen molar-refractivity contribution in [3.8, 4) is 0 Å². The fraction of sp³-hybridized carbons (Fsp3) is 1.00. The van der Waals surface area contributed by atoms with Crippen LogP contribution in [0.2, 0.25) is 0 Å². The highest BCUT2D eigenvalue weighted by Gasteiger charge is 2.40. The average molecular weight is 143 g/mol. The molecule has 2 nitrogen and oxygen atoms in total. The zero-order valence-corrected chi connectivity index (χ0v) is 7.07. The minimum Gasteiger partial charge on any atom is -0.390 e. The first kappa shape index (κ1) is 8.02. The van der Waals surface area contributed by atoms with Crippen LogP contribution in [-0.2, 0) is 0 Å². The van der Waals surface area contributed by atoms with Crippen molar-refractivity contribution in [1.29, 1.82) is 0 Å². The van der Waals surface area contributed by atoms with Crippen molar-refractivity contribution in [2.45, 2.75) is 32.8 Å². The van der Waals surface area contributed by atoms with Gasteiger partial charge in [0.05, 0.1) is 5.60 Å². The van der Waals surface area contributed by atoms with Gasteiger partial charge in [-0.05, 0) is 19.9 Å². The Morgan fingerprint density at radius 2 is 1.90 bits per heavy atom. The number of piperidine rings is 1. The Labute approximate surface area is 62.6 Å². The van der Waals surface area contributed by atoms with Gasteiger partial charge in [-0.1, -0.05) is 13.8 Å². The molecular formula is C8H17NO. The molecule has 1 fully saturated rings. The Hall–Kier alpha value is -0.0800. The van der Waals surface area contributed by atoms with Gasteiger partial charge in [-0.15, -0.1) is 0 Å². The SMILES string of the molecule is CC1(C)CNCCC1(C)O. The van der Waals surface area contributed by atoms with E-state index in [1.807, 2.05) is 6.92 Å². The van der Waals surface area contributed by atoms with Crippen LogP contribution in [0.3, 0.4) is 0 Å². The molecule has 0 amide bonds. The van der Waals surface area contributed by atoms with Crippen LogP contribution < -0.4 is 5.32 Å². The van der Waals surface area contributed by atoms with E-state index in [1.165, 1.54) is 0 Å². The normalized spacial score (nSPS) is 39.6. The summed E-state index contributed by atoms with van der Waals surface area (Å²) in [5.41, 5.74) is -0.469. The van der Waals surface area contributed by atoms with Crippen LogP contribution >= 0.6 is 0 Å². The summed E-state index contributed by atoms with van der Waals surface area (Å²) in [5.74, 6) is 0. The molecule has 0 aromatic heterocycles. The first-order valence-electron chi connectivity index (χ1n) is 3.89. The molecule has 0 radical (unpaired) electrons. The van der Waals surface area contributed by atoms with Gasteiger partial charge in [0.15, 0.2) is 0 Å². The second kappa shape index (κ2) is 2.21. The predicted molar refractivity (Wildman–Crippen MR) is 41.9 cm³/mol. The van der Waals surface area contributed by atoms with Gasteiger partial charge in [0.25, 0.3) is 0 Å². The smallest absolute Gasteiger partial charge is 0.0694 e. The molecule has 1 atom stereocenters. The number of nitrogens with one attached hydrogen (secondary N) is 1. The summed E-state index contributed by atoms with van der Waals surface area (Å²) in [7, 11) is 0. The maximum absolute atomic E-state index is 9.86. The number of hydrogen-bond donors (Lipinski definition) is 2. The number of hydrogen-bond acceptors (Lipinski definition) is 2. The fourth-order valence-corrected chi connectivity index (χ4v) is 1.26. The van der Waals surface area contributed by atoms with Gasteiger partial charge < -0.3 is 10.4 Å². The highest BCUT2D eigenvalue weighted by Crippen LogP contribution is 2.34. The highest BCUT2D eigenvalue weighted by atomic mass is 16.3. The van der Waals surface area contributed by atoms with Crippen LogP contribution in [0.1, 0.15) is 27.2 Å². The van der Waals surface area contributed by atoms with E-state index in [-0.39, 0.29) is 5.41 Å². The predicted octanol–water partition coefficient (Wildman–Crippen LogP) is 0.757. The molecule has 0 aromatic rings. The first-order valence-corrected chi connectivity index (χ1v) is 3.89. The van der Waals surface area contributed by atoms with Crippen LogP contribution in [0, 0.1) is 5.41 Å². The van der Waals surface area contributed by atoms with Gasteiger partial charge in [0.2, 0.25) is 0 Å². The molecule has 1 aliphatic rings. The molecule has 0 spiro atoms. The van der Waals surface area contributed by atoms with E-state index in [0.717, 1.165) is 19.5 Å². The molecule has 1 heterocycles. The number of aliphatic hydroxyl groups is 1. The summed E-state index contributed by atoms with van der Waals surface area (Å²) in [6, 6.07) is 0. The molecule has 0 aromatic carbocycles. The van der Waals surface area contributed by atoms with Gasteiger partial charge in [-0.3, -0.25) is 0 Å². The largest absolute Gasteiger partial charge is 0.390 e. The second-order valence-electron chi connectivity index (χ2n) is 4.08. The lowest BCUT2D eigenvalue weighted by molar-refractivity contribution is -0.0720. The Morgan fingerprint density at radius 3 is 2.20 bits per heavy atom. The van der Waals surface area contributed by atoms with Crippen molar-refractivity contribution in [3.05, 3.63) is 0 Å². The number of rotatable bonds is 0. The van der Waals surface area contributed by atoms with Crippen LogP contribution in [0.15, 0.2) is 0 Å². The molecule has 2 heteroatoms. The molecule has 2 N–H and O–H groups in total. The Balaban J connectivity index is 2.70. The average Bonchev–Trinajstić information content (AvgIpc) is 1.77. The Bertz CT molecular complexity index is 113. The van der Waals surface area contributed by atoms with Crippen LogP contribution in [0.5, 0.6) is 0 Å². The van der Waals surface area contributed by atoms with Crippen molar-refractivity contribution >= 4 is 0 Å². The fourth-order valence-electron chi connectivity index (χ4n) is 1.26. The Kier molecular flexibility index (Phi) is 1.77. The zero-order valence-electron chi connectivity index (χ0n) is 7.07. The third-order valence-corrected chi connectivity index (χ3v) is 2.81. The molecule has 0 saturated carbocycles. The summed E-state index contributed by atoms with van der Waals surface area (Å²) in [6.45, 7) is 7.97. The summed E-state index contributed by atoms with van der Waals surface area (Å²) in [6.07, 6.45) is 0.861. The molecule has 1 saturated heterocycles. The minimum absolute atomic E-state index is 0.0191. The van der Waals surface area contributed by atoms with E-state index in [4.69, 9.17) is 0 Å². The Morgan fingerprint density at radius 1 is 1.30 bits per heavy atom. The molecule has 1 unspecified atom stereocenters. The monoisotopic (exact) mass is 143 g/mol. The van der Waals surface area contributed by atoms with Crippen molar-refractivity contribution < 1.29 is 5.11 Å². The molecule has 0 bridgehead atoms. The molecule has 10 heavy (non-hydrogen) atoms. The van der Waals surface area contributed by atoms with Crippen LogP contribution in [-0.4, -0.2) is 23.8 Å². The van der Waals surface area contributed by atoms with Crippen molar-refractivity contribution in [3.63, 3.8) is 0 Å². The van der Waals surface area contributed by atoms with Gasteiger partial charge in [0, 0.05) is 12.0 Å². The van der Waals surface area contributed by atoms with E-state index < -0.39 is 5.60 Å². The van der Waals surface area contributed by atoms with Crippen molar-refractivity contribution in [2.75, 3.05) is 13.1 Å². The van der Waals surface area contributed by atoms with Crippen molar-refractivity contribution in [1.82, 2.24) is 5.32 Å². The van der Waals surface area contributed by atoms with E-state index in [2.05, 4.69) is 19.2 Å². The summed E-state index contributed by atoms with van der Waals surface area (Å²) in [5, 5.41) is 13.1. The van der Waals surface area contributed by atoms with E-state index in [1.54, 1.807) is 0 Å². The summed E-state index contributed by atoms with van der Waals surface area (Å²) >= 11 is 0. The maximum Gasteiger partial charge on any atom is 0.0694 e. The van der Waals surface area contributed by atoms with Gasteiger partial charge in [0.1, 0.15) is 0 Å². The van der Waals surface area contributed by atoms with Crippen LogP contribution in [0.25, 0.3) is 0 Å². The van der Waals surface area contributed by atoms with Gasteiger partial charge in [-0.2, -0.15) is 0 Å². The summed E-state index contributed by atoms with van der Waals surface area (Å²) in [4.78, 5) is 0. The standard InChI is InChI=1S/C8H17NO/c1-7(2)6-9-5-4-8(7,3)10/h9-10H,4-6H2,1-3H3. The van der Waals surface area contributed by atoms with Gasteiger partial charge >= 0.3 is 0 Å². The van der Waals surface area contributed by atoms with Gasteiger partial charge in [-0.25, -0.2) is 0 Å². The molecule has 0 aliphatic carbocycles. The lowest BCUT2D eigenvalue weighted by Crippen LogP contribution is -2.54. The zero-order chi connectivity index (χ0) is 7.83. The lowest BCUT2D eigenvalue weighted by atomic mass is 9.72. The van der Waals surface area contributed by atoms with E-state index >= 15 is 0 Å². The maximum atomic E-state index is 9.86. The third-order valence-electron chi connectivity index (χ3n) is 2.81. The third kappa shape index (κ3) is 1.18. The molecule has 60 valence electrons. The van der Waals surface area contributed by atoms with Crippen molar-refractivity contribution in [2.24, 2.45) is 5.41 Å². The van der Waals surface area contributed by atoms with Crippen LogP contribution in [0.4, 0.5) is 0 Å².